The number of nitrogens with one attached hydrogen (secondary N) is 1. The third kappa shape index (κ3) is 2.97. The zero-order valence-corrected chi connectivity index (χ0v) is 13.5. The number of hydrogen-bond acceptors (Lipinski definition) is 2. The molecule has 0 aromatic heterocycles. The van der Waals surface area contributed by atoms with Crippen LogP contribution in [0.25, 0.3) is 0 Å². The topological polar surface area (TPSA) is 15.3 Å². The van der Waals surface area contributed by atoms with E-state index >= 15 is 0 Å². The second-order valence-corrected chi connectivity index (χ2v) is 7.36. The second kappa shape index (κ2) is 5.10. The Morgan fingerprint density at radius 1 is 1.37 bits per heavy atom. The molecule has 0 amide bonds. The van der Waals surface area contributed by atoms with Crippen LogP contribution in [0.1, 0.15) is 45.1 Å². The van der Waals surface area contributed by atoms with Crippen molar-refractivity contribution >= 4 is 21.6 Å². The van der Waals surface area contributed by atoms with E-state index in [0.717, 1.165) is 12.6 Å². The van der Waals surface area contributed by atoms with E-state index in [0.29, 0.717) is 0 Å². The molecule has 2 aliphatic rings. The van der Waals surface area contributed by atoms with Crippen molar-refractivity contribution in [1.29, 1.82) is 0 Å². The van der Waals surface area contributed by atoms with Crippen LogP contribution in [0.4, 0.5) is 5.69 Å². The van der Waals surface area contributed by atoms with Gasteiger partial charge in [-0.1, -0.05) is 6.07 Å². The monoisotopic (exact) mass is 322 g/mol. The van der Waals surface area contributed by atoms with Gasteiger partial charge in [-0.25, -0.2) is 0 Å². The highest BCUT2D eigenvalue weighted by Crippen LogP contribution is 2.38. The summed E-state index contributed by atoms with van der Waals surface area (Å²) < 4.78 is 1.23. The Kier molecular flexibility index (Phi) is 3.61. The van der Waals surface area contributed by atoms with Crippen LogP contribution in [0.3, 0.4) is 0 Å². The Morgan fingerprint density at radius 2 is 2.16 bits per heavy atom. The molecular weight excluding hydrogens is 300 g/mol. The minimum Gasteiger partial charge on any atom is -0.366 e. The van der Waals surface area contributed by atoms with Crippen LogP contribution >= 0.6 is 15.9 Å². The molecule has 1 aliphatic heterocycles. The first-order valence-electron chi connectivity index (χ1n) is 7.36. The first kappa shape index (κ1) is 13.4. The van der Waals surface area contributed by atoms with Gasteiger partial charge in [0.2, 0.25) is 0 Å². The second-order valence-electron chi connectivity index (χ2n) is 6.51. The van der Waals surface area contributed by atoms with Crippen molar-refractivity contribution < 1.29 is 0 Å². The average Bonchev–Trinajstić information content (AvgIpc) is 3.11. The molecule has 1 N–H and O–H groups in total. The quantitative estimate of drug-likeness (QED) is 0.898. The maximum absolute atomic E-state index is 3.76. The van der Waals surface area contributed by atoms with Gasteiger partial charge in [0.15, 0.2) is 0 Å². The maximum Gasteiger partial charge on any atom is 0.0515 e. The Hall–Kier alpha value is -0.540. The van der Waals surface area contributed by atoms with E-state index in [-0.39, 0.29) is 5.54 Å². The lowest BCUT2D eigenvalue weighted by Crippen LogP contribution is -2.38. The molecule has 2 nitrogen and oxygen atoms in total. The van der Waals surface area contributed by atoms with Crippen molar-refractivity contribution in [2.24, 2.45) is 0 Å². The predicted octanol–water partition coefficient (Wildman–Crippen LogP) is 4.08. The van der Waals surface area contributed by atoms with E-state index in [1.807, 2.05) is 0 Å². The summed E-state index contributed by atoms with van der Waals surface area (Å²) in [6, 6.07) is 7.60. The molecule has 19 heavy (non-hydrogen) atoms. The van der Waals surface area contributed by atoms with Gasteiger partial charge in [-0.3, -0.25) is 0 Å². The molecule has 3 heteroatoms. The SMILES string of the molecule is CC1(C)CCCN1c1ccc(CNC2CC2)cc1Br. The van der Waals surface area contributed by atoms with Gasteiger partial charge in [0, 0.05) is 29.1 Å². The van der Waals surface area contributed by atoms with Crippen molar-refractivity contribution in [2.75, 3.05) is 11.4 Å². The molecule has 0 radical (unpaired) electrons. The summed E-state index contributed by atoms with van der Waals surface area (Å²) in [6.45, 7) is 6.85. The largest absolute Gasteiger partial charge is 0.366 e. The number of nitrogens with zero attached hydrogens (tertiary/aromatic N) is 1. The molecule has 3 rings (SSSR count). The van der Waals surface area contributed by atoms with Crippen molar-refractivity contribution in [3.05, 3.63) is 28.2 Å². The zero-order valence-electron chi connectivity index (χ0n) is 11.9. The van der Waals surface area contributed by atoms with E-state index in [2.05, 4.69) is 58.2 Å². The normalized spacial score (nSPS) is 21.9. The van der Waals surface area contributed by atoms with Gasteiger partial charge in [-0.15, -0.1) is 0 Å². The molecule has 2 fully saturated rings. The van der Waals surface area contributed by atoms with Crippen LogP contribution in [-0.4, -0.2) is 18.1 Å². The van der Waals surface area contributed by atoms with Gasteiger partial charge in [-0.05, 0) is 73.2 Å². The van der Waals surface area contributed by atoms with Crippen LogP contribution in [0.2, 0.25) is 0 Å². The van der Waals surface area contributed by atoms with Crippen LogP contribution in [0.15, 0.2) is 22.7 Å². The Labute approximate surface area is 124 Å². The van der Waals surface area contributed by atoms with Gasteiger partial charge in [0.1, 0.15) is 0 Å². The lowest BCUT2D eigenvalue weighted by Gasteiger charge is -2.34. The highest BCUT2D eigenvalue weighted by Gasteiger charge is 2.32. The predicted molar refractivity (Wildman–Crippen MR) is 84.7 cm³/mol. The lowest BCUT2D eigenvalue weighted by molar-refractivity contribution is 0.517. The molecule has 0 unspecified atom stereocenters. The summed E-state index contributed by atoms with van der Waals surface area (Å²) >= 11 is 3.76. The summed E-state index contributed by atoms with van der Waals surface area (Å²) in [7, 11) is 0. The summed E-state index contributed by atoms with van der Waals surface area (Å²) in [4.78, 5) is 2.54. The minimum absolute atomic E-state index is 0.288. The van der Waals surface area contributed by atoms with Gasteiger partial charge < -0.3 is 10.2 Å². The van der Waals surface area contributed by atoms with E-state index in [9.17, 15) is 0 Å². The van der Waals surface area contributed by atoms with Crippen molar-refractivity contribution in [2.45, 2.75) is 57.7 Å². The molecule has 1 aromatic rings. The minimum atomic E-state index is 0.288. The van der Waals surface area contributed by atoms with Gasteiger partial charge in [0.25, 0.3) is 0 Å². The summed E-state index contributed by atoms with van der Waals surface area (Å²) in [5.74, 6) is 0. The zero-order chi connectivity index (χ0) is 13.5. The fourth-order valence-corrected chi connectivity index (χ4v) is 3.62. The number of benzene rings is 1. The fourth-order valence-electron chi connectivity index (χ4n) is 2.98. The fraction of sp³-hybridized carbons (Fsp3) is 0.625. The third-order valence-corrected chi connectivity index (χ3v) is 5.01. The molecule has 0 atom stereocenters. The first-order chi connectivity index (χ1) is 9.06. The average molecular weight is 323 g/mol. The first-order valence-corrected chi connectivity index (χ1v) is 8.15. The molecule has 0 bridgehead atoms. The highest BCUT2D eigenvalue weighted by atomic mass is 79.9. The molecule has 0 spiro atoms. The summed E-state index contributed by atoms with van der Waals surface area (Å²) in [6.07, 6.45) is 5.28. The van der Waals surface area contributed by atoms with Crippen molar-refractivity contribution in [1.82, 2.24) is 5.32 Å². The number of rotatable bonds is 4. The van der Waals surface area contributed by atoms with Crippen molar-refractivity contribution in [3.63, 3.8) is 0 Å². The molecule has 1 aliphatic carbocycles. The van der Waals surface area contributed by atoms with Crippen molar-refractivity contribution in [3.8, 4) is 0 Å². The van der Waals surface area contributed by atoms with Crippen LogP contribution in [-0.2, 0) is 6.54 Å². The van der Waals surface area contributed by atoms with Crippen LogP contribution in [0, 0.1) is 0 Å². The third-order valence-electron chi connectivity index (χ3n) is 4.38. The lowest BCUT2D eigenvalue weighted by atomic mass is 10.0. The highest BCUT2D eigenvalue weighted by molar-refractivity contribution is 9.10. The molecule has 1 saturated heterocycles. The number of hydrogen-bond donors (Lipinski definition) is 1. The Morgan fingerprint density at radius 3 is 2.74 bits per heavy atom. The van der Waals surface area contributed by atoms with E-state index in [1.165, 1.54) is 48.0 Å². The van der Waals surface area contributed by atoms with Crippen LogP contribution < -0.4 is 10.2 Å². The van der Waals surface area contributed by atoms with Gasteiger partial charge >= 0.3 is 0 Å². The Balaban J connectivity index is 1.75. The molecule has 104 valence electrons. The van der Waals surface area contributed by atoms with E-state index < -0.39 is 0 Å². The standard InChI is InChI=1S/C16H23BrN2/c1-16(2)8-3-9-19(16)15-7-4-12(10-14(15)17)11-18-13-5-6-13/h4,7,10,13,18H,3,5-6,8-9,11H2,1-2H3. The Bertz CT molecular complexity index is 466. The maximum atomic E-state index is 3.76. The summed E-state index contributed by atoms with van der Waals surface area (Å²) in [5, 5.41) is 3.57. The summed E-state index contributed by atoms with van der Waals surface area (Å²) in [5.41, 5.74) is 3.01. The molecular formula is C16H23BrN2. The van der Waals surface area contributed by atoms with Gasteiger partial charge in [-0.2, -0.15) is 0 Å². The number of halogens is 1. The number of anilines is 1. The van der Waals surface area contributed by atoms with Gasteiger partial charge in [0.05, 0.1) is 5.69 Å². The molecule has 1 saturated carbocycles. The van der Waals surface area contributed by atoms with E-state index in [1.54, 1.807) is 0 Å². The smallest absolute Gasteiger partial charge is 0.0515 e. The van der Waals surface area contributed by atoms with Crippen LogP contribution in [0.5, 0.6) is 0 Å². The molecule has 1 heterocycles. The molecule has 1 aromatic carbocycles. The van der Waals surface area contributed by atoms with E-state index in [4.69, 9.17) is 0 Å².